The van der Waals surface area contributed by atoms with Crippen molar-refractivity contribution in [3.63, 3.8) is 0 Å². The van der Waals surface area contributed by atoms with E-state index in [4.69, 9.17) is 17.0 Å². The second-order valence-electron chi connectivity index (χ2n) is 3.17. The first-order chi connectivity index (χ1) is 7.04. The molecule has 0 heterocycles. The minimum Gasteiger partial charge on any atom is -0.497 e. The van der Waals surface area contributed by atoms with Crippen LogP contribution in [-0.4, -0.2) is 31.2 Å². The van der Waals surface area contributed by atoms with E-state index < -0.39 is 0 Å². The highest BCUT2D eigenvalue weighted by molar-refractivity contribution is 9.10. The van der Waals surface area contributed by atoms with Gasteiger partial charge in [-0.15, -0.1) is 0 Å². The topological polar surface area (TPSA) is 24.5 Å². The molecule has 1 rings (SSSR count). The van der Waals surface area contributed by atoms with Gasteiger partial charge in [0.05, 0.1) is 12.8 Å². The molecule has 82 valence electrons. The third kappa shape index (κ3) is 3.35. The van der Waals surface area contributed by atoms with Crippen molar-refractivity contribution in [2.75, 3.05) is 26.5 Å². The molecule has 0 saturated heterocycles. The fraction of sp³-hybridized carbons (Fsp3) is 0.300. The molecule has 1 aromatic carbocycles. The summed E-state index contributed by atoms with van der Waals surface area (Å²) in [4.78, 5) is 1.83. The smallest absolute Gasteiger partial charge is 0.172 e. The van der Waals surface area contributed by atoms with Crippen molar-refractivity contribution in [1.82, 2.24) is 4.90 Å². The number of nitrogens with zero attached hydrogens (tertiary/aromatic N) is 1. The summed E-state index contributed by atoms with van der Waals surface area (Å²) in [5, 5.41) is 3.77. The molecular weight excluding hydrogens is 276 g/mol. The van der Waals surface area contributed by atoms with Gasteiger partial charge in [-0.1, -0.05) is 0 Å². The second-order valence-corrected chi connectivity index (χ2v) is 4.41. The van der Waals surface area contributed by atoms with Crippen LogP contribution in [0.3, 0.4) is 0 Å². The van der Waals surface area contributed by atoms with Crippen LogP contribution in [0.4, 0.5) is 5.69 Å². The van der Waals surface area contributed by atoms with Crippen LogP contribution in [-0.2, 0) is 0 Å². The molecule has 0 unspecified atom stereocenters. The van der Waals surface area contributed by atoms with E-state index in [0.29, 0.717) is 5.11 Å². The molecule has 0 aromatic heterocycles. The molecule has 0 spiro atoms. The van der Waals surface area contributed by atoms with E-state index in [0.717, 1.165) is 15.9 Å². The summed E-state index contributed by atoms with van der Waals surface area (Å²) in [6.07, 6.45) is 0. The number of hydrogen-bond acceptors (Lipinski definition) is 2. The Labute approximate surface area is 104 Å². The Bertz CT molecular complexity index is 368. The Morgan fingerprint density at radius 1 is 1.47 bits per heavy atom. The van der Waals surface area contributed by atoms with Crippen LogP contribution in [0.5, 0.6) is 5.75 Å². The molecule has 5 heteroatoms. The van der Waals surface area contributed by atoms with Crippen molar-refractivity contribution >= 4 is 38.9 Å². The van der Waals surface area contributed by atoms with Gasteiger partial charge in [-0.2, -0.15) is 0 Å². The maximum atomic E-state index is 5.15. The summed E-state index contributed by atoms with van der Waals surface area (Å²) >= 11 is 8.59. The highest BCUT2D eigenvalue weighted by Gasteiger charge is 2.05. The average molecular weight is 289 g/mol. The maximum absolute atomic E-state index is 5.15. The third-order valence-corrected chi connectivity index (χ3v) is 2.98. The number of halogens is 1. The lowest BCUT2D eigenvalue weighted by atomic mass is 10.3. The number of ether oxygens (including phenoxy) is 1. The van der Waals surface area contributed by atoms with Crippen LogP contribution in [0.25, 0.3) is 0 Å². The van der Waals surface area contributed by atoms with Crippen LogP contribution in [0, 0.1) is 0 Å². The number of hydrogen-bond donors (Lipinski definition) is 1. The van der Waals surface area contributed by atoms with E-state index >= 15 is 0 Å². The van der Waals surface area contributed by atoms with Crippen LogP contribution in [0.15, 0.2) is 22.7 Å². The summed E-state index contributed by atoms with van der Waals surface area (Å²) in [5.74, 6) is 0.794. The number of rotatable bonds is 2. The number of nitrogens with one attached hydrogen (secondary N) is 1. The fourth-order valence-corrected chi connectivity index (χ4v) is 1.41. The lowest BCUT2D eigenvalue weighted by Crippen LogP contribution is -2.27. The fourth-order valence-electron chi connectivity index (χ4n) is 0.954. The summed E-state index contributed by atoms with van der Waals surface area (Å²) < 4.78 is 6.09. The van der Waals surface area contributed by atoms with Crippen LogP contribution < -0.4 is 10.1 Å². The zero-order valence-corrected chi connectivity index (χ0v) is 11.3. The lowest BCUT2D eigenvalue weighted by Gasteiger charge is -2.16. The molecule has 1 N–H and O–H groups in total. The minimum absolute atomic E-state index is 0.656. The predicted molar refractivity (Wildman–Crippen MR) is 70.6 cm³/mol. The summed E-state index contributed by atoms with van der Waals surface area (Å²) in [6, 6.07) is 5.69. The Balaban J connectivity index is 2.88. The SMILES string of the molecule is COc1ccc(Br)c(NC(=S)N(C)C)c1. The first-order valence-corrected chi connectivity index (χ1v) is 5.56. The molecule has 3 nitrogen and oxygen atoms in total. The van der Waals surface area contributed by atoms with Crippen molar-refractivity contribution in [1.29, 1.82) is 0 Å². The van der Waals surface area contributed by atoms with Gasteiger partial charge in [0.15, 0.2) is 5.11 Å². The third-order valence-electron chi connectivity index (χ3n) is 1.82. The van der Waals surface area contributed by atoms with E-state index in [9.17, 15) is 0 Å². The van der Waals surface area contributed by atoms with Gasteiger partial charge in [-0.05, 0) is 40.3 Å². The molecule has 0 bridgehead atoms. The first kappa shape index (κ1) is 12.3. The van der Waals surface area contributed by atoms with Gasteiger partial charge in [-0.3, -0.25) is 0 Å². The summed E-state index contributed by atoms with van der Waals surface area (Å²) in [6.45, 7) is 0. The molecule has 0 aliphatic heterocycles. The van der Waals surface area contributed by atoms with E-state index in [-0.39, 0.29) is 0 Å². The van der Waals surface area contributed by atoms with Crippen LogP contribution in [0.2, 0.25) is 0 Å². The zero-order chi connectivity index (χ0) is 11.4. The predicted octanol–water partition coefficient (Wildman–Crippen LogP) is 2.72. The quantitative estimate of drug-likeness (QED) is 0.846. The second kappa shape index (κ2) is 5.32. The van der Waals surface area contributed by atoms with Gasteiger partial charge < -0.3 is 15.0 Å². The maximum Gasteiger partial charge on any atom is 0.172 e. The molecule has 0 saturated carbocycles. The lowest BCUT2D eigenvalue weighted by molar-refractivity contribution is 0.415. The van der Waals surface area contributed by atoms with Crippen LogP contribution in [0.1, 0.15) is 0 Å². The summed E-state index contributed by atoms with van der Waals surface area (Å²) in [5.41, 5.74) is 0.896. The number of methoxy groups -OCH3 is 1. The Morgan fingerprint density at radius 3 is 2.67 bits per heavy atom. The van der Waals surface area contributed by atoms with Gasteiger partial charge in [0.1, 0.15) is 5.75 Å². The number of benzene rings is 1. The first-order valence-electron chi connectivity index (χ1n) is 4.36. The van der Waals surface area contributed by atoms with Crippen molar-refractivity contribution in [2.24, 2.45) is 0 Å². The Hall–Kier alpha value is -0.810. The molecule has 0 fully saturated rings. The highest BCUT2D eigenvalue weighted by atomic mass is 79.9. The van der Waals surface area contributed by atoms with Crippen molar-refractivity contribution in [3.05, 3.63) is 22.7 Å². The van der Waals surface area contributed by atoms with Crippen molar-refractivity contribution in [3.8, 4) is 5.75 Å². The van der Waals surface area contributed by atoms with E-state index in [1.807, 2.05) is 37.2 Å². The molecule has 0 atom stereocenters. The van der Waals surface area contributed by atoms with Crippen molar-refractivity contribution < 1.29 is 4.74 Å². The standard InChI is InChI=1S/C10H13BrN2OS/c1-13(2)10(15)12-9-6-7(14-3)4-5-8(9)11/h4-6H,1-3H3,(H,12,15). The average Bonchev–Trinajstić information content (AvgIpc) is 2.21. The molecule has 15 heavy (non-hydrogen) atoms. The van der Waals surface area contributed by atoms with Crippen molar-refractivity contribution in [2.45, 2.75) is 0 Å². The van der Waals surface area contributed by atoms with Gasteiger partial charge in [0.25, 0.3) is 0 Å². The van der Waals surface area contributed by atoms with Gasteiger partial charge in [-0.25, -0.2) is 0 Å². The highest BCUT2D eigenvalue weighted by Crippen LogP contribution is 2.27. The molecule has 1 aromatic rings. The number of anilines is 1. The number of thiocarbonyl (C=S) groups is 1. The summed E-state index contributed by atoms with van der Waals surface area (Å²) in [7, 11) is 5.42. The largest absolute Gasteiger partial charge is 0.497 e. The monoisotopic (exact) mass is 288 g/mol. The van der Waals surface area contributed by atoms with Crippen LogP contribution >= 0.6 is 28.1 Å². The minimum atomic E-state index is 0.656. The molecule has 0 amide bonds. The molecule has 0 aliphatic rings. The van der Waals surface area contributed by atoms with Gasteiger partial charge >= 0.3 is 0 Å². The van der Waals surface area contributed by atoms with E-state index in [1.165, 1.54) is 0 Å². The van der Waals surface area contributed by atoms with Gasteiger partial charge in [0, 0.05) is 24.6 Å². The normalized spacial score (nSPS) is 9.60. The molecule has 0 radical (unpaired) electrons. The van der Waals surface area contributed by atoms with Gasteiger partial charge in [0.2, 0.25) is 0 Å². The van der Waals surface area contributed by atoms with E-state index in [2.05, 4.69) is 21.2 Å². The zero-order valence-electron chi connectivity index (χ0n) is 8.87. The Morgan fingerprint density at radius 2 is 2.13 bits per heavy atom. The Kier molecular flexibility index (Phi) is 4.35. The van der Waals surface area contributed by atoms with E-state index in [1.54, 1.807) is 7.11 Å². The molecule has 0 aliphatic carbocycles. The molecular formula is C10H13BrN2OS.